The van der Waals surface area contributed by atoms with Crippen LogP contribution in [0.25, 0.3) is 0 Å². The van der Waals surface area contributed by atoms with E-state index in [1.807, 2.05) is 12.1 Å². The second-order valence-electron chi connectivity index (χ2n) is 6.67. The third kappa shape index (κ3) is 7.93. The predicted octanol–water partition coefficient (Wildman–Crippen LogP) is 3.36. The molecule has 0 unspecified atom stereocenters. The number of aliphatic imine (C=N–C) groups is 1. The molecule has 0 aromatic heterocycles. The van der Waals surface area contributed by atoms with Crippen molar-refractivity contribution in [3.63, 3.8) is 0 Å². The molecule has 0 spiro atoms. The number of benzene rings is 1. The maximum atomic E-state index is 12.1. The molecule has 0 atom stereocenters. The van der Waals surface area contributed by atoms with Crippen molar-refractivity contribution in [3.8, 4) is 0 Å². The molecule has 0 saturated heterocycles. The van der Waals surface area contributed by atoms with Crippen molar-refractivity contribution in [2.24, 2.45) is 10.9 Å². The van der Waals surface area contributed by atoms with E-state index in [-0.39, 0.29) is 35.8 Å². The number of halogens is 1. The van der Waals surface area contributed by atoms with Crippen molar-refractivity contribution in [2.75, 3.05) is 19.6 Å². The molecular formula is C20H33IN4O. The highest BCUT2D eigenvalue weighted by atomic mass is 127. The molecular weight excluding hydrogens is 439 g/mol. The minimum atomic E-state index is 0. The summed E-state index contributed by atoms with van der Waals surface area (Å²) in [6.07, 6.45) is 5.73. The van der Waals surface area contributed by atoms with E-state index >= 15 is 0 Å². The maximum absolute atomic E-state index is 12.1. The minimum Gasteiger partial charge on any atom is -0.357 e. The summed E-state index contributed by atoms with van der Waals surface area (Å²) in [7, 11) is 0. The SMILES string of the molecule is CCNC(=NCc1ccccc1C)NCCNC(=O)C1CCCCC1.I. The molecule has 1 aromatic carbocycles. The molecule has 0 radical (unpaired) electrons. The van der Waals surface area contributed by atoms with Gasteiger partial charge in [-0.2, -0.15) is 0 Å². The summed E-state index contributed by atoms with van der Waals surface area (Å²) in [5.41, 5.74) is 2.48. The number of nitrogens with zero attached hydrogens (tertiary/aromatic N) is 1. The molecule has 1 aromatic rings. The van der Waals surface area contributed by atoms with E-state index in [1.165, 1.54) is 30.4 Å². The van der Waals surface area contributed by atoms with Crippen LogP contribution in [0.2, 0.25) is 0 Å². The van der Waals surface area contributed by atoms with E-state index in [1.54, 1.807) is 0 Å². The lowest BCUT2D eigenvalue weighted by Crippen LogP contribution is -2.42. The number of carbonyl (C=O) groups excluding carboxylic acids is 1. The summed E-state index contributed by atoms with van der Waals surface area (Å²) >= 11 is 0. The number of hydrogen-bond donors (Lipinski definition) is 3. The van der Waals surface area contributed by atoms with E-state index in [2.05, 4.69) is 46.9 Å². The monoisotopic (exact) mass is 472 g/mol. The molecule has 0 bridgehead atoms. The van der Waals surface area contributed by atoms with Crippen LogP contribution in [0.15, 0.2) is 29.3 Å². The van der Waals surface area contributed by atoms with Crippen molar-refractivity contribution >= 4 is 35.8 Å². The fourth-order valence-electron chi connectivity index (χ4n) is 3.17. The number of nitrogens with one attached hydrogen (secondary N) is 3. The number of hydrogen-bond acceptors (Lipinski definition) is 2. The lowest BCUT2D eigenvalue weighted by Gasteiger charge is -2.21. The lowest BCUT2D eigenvalue weighted by molar-refractivity contribution is -0.125. The maximum Gasteiger partial charge on any atom is 0.223 e. The molecule has 0 aliphatic heterocycles. The Labute approximate surface area is 174 Å². The molecule has 0 heterocycles. The molecule has 1 fully saturated rings. The number of rotatable bonds is 7. The number of amides is 1. The molecule has 146 valence electrons. The molecule has 26 heavy (non-hydrogen) atoms. The van der Waals surface area contributed by atoms with Gasteiger partial charge in [-0.1, -0.05) is 43.5 Å². The van der Waals surface area contributed by atoms with Crippen LogP contribution < -0.4 is 16.0 Å². The van der Waals surface area contributed by atoms with E-state index in [4.69, 9.17) is 0 Å². The van der Waals surface area contributed by atoms with Crippen LogP contribution in [0, 0.1) is 12.8 Å². The smallest absolute Gasteiger partial charge is 0.223 e. The van der Waals surface area contributed by atoms with Crippen LogP contribution in [-0.4, -0.2) is 31.5 Å². The summed E-state index contributed by atoms with van der Waals surface area (Å²) in [4.78, 5) is 16.8. The highest BCUT2D eigenvalue weighted by Crippen LogP contribution is 2.23. The van der Waals surface area contributed by atoms with Gasteiger partial charge >= 0.3 is 0 Å². The Kier molecular flexibility index (Phi) is 11.3. The van der Waals surface area contributed by atoms with E-state index in [9.17, 15) is 4.79 Å². The second kappa shape index (κ2) is 12.9. The molecule has 2 rings (SSSR count). The Balaban J connectivity index is 0.00000338. The average molecular weight is 472 g/mol. The second-order valence-corrected chi connectivity index (χ2v) is 6.67. The molecule has 6 heteroatoms. The third-order valence-corrected chi connectivity index (χ3v) is 4.71. The Morgan fingerprint density at radius 1 is 1.08 bits per heavy atom. The van der Waals surface area contributed by atoms with Gasteiger partial charge in [0, 0.05) is 25.6 Å². The van der Waals surface area contributed by atoms with Crippen LogP contribution in [0.3, 0.4) is 0 Å². The fourth-order valence-corrected chi connectivity index (χ4v) is 3.17. The summed E-state index contributed by atoms with van der Waals surface area (Å²) in [5.74, 6) is 1.22. The van der Waals surface area contributed by atoms with Crippen LogP contribution >= 0.6 is 24.0 Å². The normalized spacial score (nSPS) is 15.1. The summed E-state index contributed by atoms with van der Waals surface area (Å²) in [5, 5.41) is 9.59. The van der Waals surface area contributed by atoms with Gasteiger partial charge in [-0.25, -0.2) is 4.99 Å². The minimum absolute atomic E-state index is 0. The fraction of sp³-hybridized carbons (Fsp3) is 0.600. The molecule has 1 amide bonds. The van der Waals surface area contributed by atoms with E-state index < -0.39 is 0 Å². The predicted molar refractivity (Wildman–Crippen MR) is 119 cm³/mol. The van der Waals surface area contributed by atoms with E-state index in [0.717, 1.165) is 25.3 Å². The topological polar surface area (TPSA) is 65.5 Å². The van der Waals surface area contributed by atoms with Crippen LogP contribution in [0.4, 0.5) is 0 Å². The van der Waals surface area contributed by atoms with E-state index in [0.29, 0.717) is 19.6 Å². The van der Waals surface area contributed by atoms with Crippen molar-refractivity contribution in [2.45, 2.75) is 52.5 Å². The first-order valence-corrected chi connectivity index (χ1v) is 9.55. The molecule has 5 nitrogen and oxygen atoms in total. The number of aryl methyl sites for hydroxylation is 1. The van der Waals surface area contributed by atoms with Crippen molar-refractivity contribution in [1.29, 1.82) is 0 Å². The summed E-state index contributed by atoms with van der Waals surface area (Å²) in [6.45, 7) is 6.93. The van der Waals surface area contributed by atoms with Gasteiger partial charge in [0.1, 0.15) is 0 Å². The Hall–Kier alpha value is -1.31. The lowest BCUT2D eigenvalue weighted by atomic mass is 9.89. The third-order valence-electron chi connectivity index (χ3n) is 4.71. The van der Waals surface area contributed by atoms with Gasteiger partial charge in [0.15, 0.2) is 5.96 Å². The summed E-state index contributed by atoms with van der Waals surface area (Å²) < 4.78 is 0. The molecule has 1 aliphatic rings. The Morgan fingerprint density at radius 2 is 1.77 bits per heavy atom. The van der Waals surface area contributed by atoms with Gasteiger partial charge in [0.2, 0.25) is 5.91 Å². The highest BCUT2D eigenvalue weighted by Gasteiger charge is 2.20. The quantitative estimate of drug-likeness (QED) is 0.247. The number of carbonyl (C=O) groups is 1. The largest absolute Gasteiger partial charge is 0.357 e. The van der Waals surface area contributed by atoms with Crippen molar-refractivity contribution in [3.05, 3.63) is 35.4 Å². The van der Waals surface area contributed by atoms with Crippen LogP contribution in [0.1, 0.15) is 50.2 Å². The molecule has 3 N–H and O–H groups in total. The zero-order valence-electron chi connectivity index (χ0n) is 16.0. The van der Waals surface area contributed by atoms with Gasteiger partial charge in [-0.05, 0) is 37.8 Å². The van der Waals surface area contributed by atoms with Gasteiger partial charge in [-0.3, -0.25) is 4.79 Å². The zero-order chi connectivity index (χ0) is 17.9. The summed E-state index contributed by atoms with van der Waals surface area (Å²) in [6, 6.07) is 8.29. The number of guanidine groups is 1. The van der Waals surface area contributed by atoms with Gasteiger partial charge in [0.05, 0.1) is 6.54 Å². The van der Waals surface area contributed by atoms with Gasteiger partial charge in [0.25, 0.3) is 0 Å². The first-order valence-electron chi connectivity index (χ1n) is 9.55. The average Bonchev–Trinajstić information content (AvgIpc) is 2.64. The standard InChI is InChI=1S/C20H32N4O.HI/c1-3-21-20(24-15-18-12-8-7-9-16(18)2)23-14-13-22-19(25)17-10-5-4-6-11-17;/h7-9,12,17H,3-6,10-11,13-15H2,1-2H3,(H,22,25)(H2,21,23,24);1H. The van der Waals surface area contributed by atoms with Crippen molar-refractivity contribution < 1.29 is 4.79 Å². The first-order chi connectivity index (χ1) is 12.2. The Morgan fingerprint density at radius 3 is 2.46 bits per heavy atom. The van der Waals surface area contributed by atoms with Crippen LogP contribution in [0.5, 0.6) is 0 Å². The Bertz CT molecular complexity index is 571. The highest BCUT2D eigenvalue weighted by molar-refractivity contribution is 14.0. The zero-order valence-corrected chi connectivity index (χ0v) is 18.3. The van der Waals surface area contributed by atoms with Crippen LogP contribution in [-0.2, 0) is 11.3 Å². The molecule has 1 aliphatic carbocycles. The van der Waals surface area contributed by atoms with Gasteiger partial charge in [-0.15, -0.1) is 24.0 Å². The molecule has 1 saturated carbocycles. The van der Waals surface area contributed by atoms with Crippen molar-refractivity contribution in [1.82, 2.24) is 16.0 Å². The van der Waals surface area contributed by atoms with Gasteiger partial charge < -0.3 is 16.0 Å². The first kappa shape index (κ1) is 22.7.